The fourth-order valence-electron chi connectivity index (χ4n) is 2.64. The Labute approximate surface area is 133 Å². The van der Waals surface area contributed by atoms with Crippen molar-refractivity contribution >= 4 is 5.91 Å². The molecule has 120 valence electrons. The number of nitrogens with zero attached hydrogens (tertiary/aromatic N) is 2. The van der Waals surface area contributed by atoms with Crippen molar-refractivity contribution in [2.75, 3.05) is 20.3 Å². The molecule has 0 aliphatic carbocycles. The van der Waals surface area contributed by atoms with E-state index in [2.05, 4.69) is 15.3 Å². The molecule has 23 heavy (non-hydrogen) atoms. The van der Waals surface area contributed by atoms with Crippen molar-refractivity contribution in [2.45, 2.75) is 12.0 Å². The summed E-state index contributed by atoms with van der Waals surface area (Å²) in [6, 6.07) is 8.96. The third-order valence-electron chi connectivity index (χ3n) is 3.86. The molecule has 2 aromatic rings. The zero-order chi connectivity index (χ0) is 16.3. The maximum atomic E-state index is 12.5. The first kappa shape index (κ1) is 15.2. The van der Waals surface area contributed by atoms with Crippen LogP contribution in [0.15, 0.2) is 36.5 Å². The van der Waals surface area contributed by atoms with Crippen LogP contribution in [0.1, 0.15) is 22.5 Å². The van der Waals surface area contributed by atoms with Crippen molar-refractivity contribution in [3.05, 3.63) is 47.8 Å². The van der Waals surface area contributed by atoms with Crippen molar-refractivity contribution in [1.29, 1.82) is 0 Å². The molecule has 0 bridgehead atoms. The van der Waals surface area contributed by atoms with Crippen LogP contribution in [0.2, 0.25) is 0 Å². The van der Waals surface area contributed by atoms with Crippen molar-refractivity contribution in [3.8, 4) is 11.8 Å². The molecule has 0 fully saturated rings. The highest BCUT2D eigenvalue weighted by atomic mass is 16.5. The number of rotatable bonds is 4. The minimum atomic E-state index is -0.899. The maximum Gasteiger partial charge on any atom is 0.316 e. The van der Waals surface area contributed by atoms with Crippen LogP contribution < -0.4 is 14.8 Å². The Bertz CT molecular complexity index is 722. The van der Waals surface area contributed by atoms with Crippen molar-refractivity contribution < 1.29 is 19.4 Å². The molecule has 0 saturated carbocycles. The fourth-order valence-corrected chi connectivity index (χ4v) is 2.64. The Balaban J connectivity index is 1.92. The minimum Gasteiger partial charge on any atom is -0.493 e. The van der Waals surface area contributed by atoms with Gasteiger partial charge in [-0.1, -0.05) is 18.2 Å². The number of hydrogen-bond acceptors (Lipinski definition) is 6. The molecule has 1 unspecified atom stereocenters. The quantitative estimate of drug-likeness (QED) is 0.870. The first-order valence-corrected chi connectivity index (χ1v) is 7.21. The second-order valence-corrected chi connectivity index (χ2v) is 5.22. The molecule has 1 atom stereocenters. The van der Waals surface area contributed by atoms with E-state index < -0.39 is 11.4 Å². The smallest absolute Gasteiger partial charge is 0.316 e. The van der Waals surface area contributed by atoms with Crippen molar-refractivity contribution in [1.82, 2.24) is 15.3 Å². The monoisotopic (exact) mass is 315 g/mol. The summed E-state index contributed by atoms with van der Waals surface area (Å²) in [6.07, 6.45) is 1.92. The Kier molecular flexibility index (Phi) is 4.12. The summed E-state index contributed by atoms with van der Waals surface area (Å²) in [5.41, 5.74) is 0.0289. The van der Waals surface area contributed by atoms with Gasteiger partial charge in [0.1, 0.15) is 11.4 Å². The van der Waals surface area contributed by atoms with E-state index in [1.807, 2.05) is 24.3 Å². The van der Waals surface area contributed by atoms with Gasteiger partial charge >= 0.3 is 6.01 Å². The molecule has 1 aromatic heterocycles. The van der Waals surface area contributed by atoms with E-state index in [4.69, 9.17) is 9.47 Å². The van der Waals surface area contributed by atoms with Gasteiger partial charge in [0.15, 0.2) is 0 Å². The Hall–Kier alpha value is -2.67. The van der Waals surface area contributed by atoms with Crippen LogP contribution >= 0.6 is 0 Å². The number of ether oxygens (including phenoxy) is 2. The third kappa shape index (κ3) is 2.83. The maximum absolute atomic E-state index is 12.5. The van der Waals surface area contributed by atoms with Crippen LogP contribution in [0, 0.1) is 0 Å². The van der Waals surface area contributed by atoms with Crippen LogP contribution in [0.5, 0.6) is 11.8 Å². The van der Waals surface area contributed by atoms with E-state index in [0.29, 0.717) is 18.8 Å². The molecule has 1 aliphatic heterocycles. The summed E-state index contributed by atoms with van der Waals surface area (Å²) in [5, 5.41) is 12.8. The van der Waals surface area contributed by atoms with Gasteiger partial charge in [-0.2, -0.15) is 4.98 Å². The molecule has 2 heterocycles. The number of aliphatic hydroxyl groups excluding tert-OH is 1. The third-order valence-corrected chi connectivity index (χ3v) is 3.86. The van der Waals surface area contributed by atoms with Crippen LogP contribution in [0.3, 0.4) is 0 Å². The number of carbonyl (C=O) groups is 1. The summed E-state index contributed by atoms with van der Waals surface area (Å²) < 4.78 is 10.5. The van der Waals surface area contributed by atoms with Crippen molar-refractivity contribution in [2.24, 2.45) is 0 Å². The number of para-hydroxylation sites is 1. The molecular formula is C16H17N3O4. The van der Waals surface area contributed by atoms with E-state index in [1.54, 1.807) is 0 Å². The first-order chi connectivity index (χ1) is 11.2. The standard InChI is InChI=1S/C16H17N3O4/c1-22-15-17-8-6-12(18-15)14(21)19-16(10-20)7-9-23-13-5-3-2-4-11(13)16/h2-6,8,20H,7,9-10H2,1H3,(H,19,21). The minimum absolute atomic E-state index is 0.114. The first-order valence-electron chi connectivity index (χ1n) is 7.21. The summed E-state index contributed by atoms with van der Waals surface area (Å²) >= 11 is 0. The number of fused-ring (bicyclic) bond motifs is 1. The molecule has 0 radical (unpaired) electrons. The Morgan fingerprint density at radius 3 is 3.04 bits per heavy atom. The van der Waals surface area contributed by atoms with Crippen LogP contribution in [-0.4, -0.2) is 41.3 Å². The van der Waals surface area contributed by atoms with Gasteiger partial charge in [-0.25, -0.2) is 4.98 Å². The summed E-state index contributed by atoms with van der Waals surface area (Å²) in [5.74, 6) is 0.254. The van der Waals surface area contributed by atoms with Gasteiger partial charge < -0.3 is 19.9 Å². The number of aliphatic hydroxyl groups is 1. The lowest BCUT2D eigenvalue weighted by Gasteiger charge is -2.38. The van der Waals surface area contributed by atoms with Gasteiger partial charge in [0.05, 0.1) is 25.9 Å². The number of amides is 1. The van der Waals surface area contributed by atoms with Crippen molar-refractivity contribution in [3.63, 3.8) is 0 Å². The van der Waals surface area contributed by atoms with Gasteiger partial charge in [-0.15, -0.1) is 0 Å². The van der Waals surface area contributed by atoms with Crippen LogP contribution in [0.4, 0.5) is 0 Å². The number of nitrogens with one attached hydrogen (secondary N) is 1. The zero-order valence-electron chi connectivity index (χ0n) is 12.7. The van der Waals surface area contributed by atoms with Gasteiger partial charge in [0, 0.05) is 18.2 Å². The van der Waals surface area contributed by atoms with E-state index in [0.717, 1.165) is 5.56 Å². The summed E-state index contributed by atoms with van der Waals surface area (Å²) in [7, 11) is 1.43. The lowest BCUT2D eigenvalue weighted by molar-refractivity contribution is 0.0723. The molecular weight excluding hydrogens is 298 g/mol. The molecule has 1 aliphatic rings. The lowest BCUT2D eigenvalue weighted by atomic mass is 9.85. The predicted molar refractivity (Wildman–Crippen MR) is 81.4 cm³/mol. The van der Waals surface area contributed by atoms with E-state index in [9.17, 15) is 9.90 Å². The van der Waals surface area contributed by atoms with E-state index in [1.165, 1.54) is 19.4 Å². The molecule has 0 spiro atoms. The highest BCUT2D eigenvalue weighted by Gasteiger charge is 2.39. The predicted octanol–water partition coefficient (Wildman–Crippen LogP) is 0.885. The average Bonchev–Trinajstić information content (AvgIpc) is 2.62. The SMILES string of the molecule is COc1nccc(C(=O)NC2(CO)CCOc3ccccc32)n1. The molecule has 7 nitrogen and oxygen atoms in total. The lowest BCUT2D eigenvalue weighted by Crippen LogP contribution is -2.51. The van der Waals surface area contributed by atoms with Gasteiger partial charge in [0.25, 0.3) is 5.91 Å². The molecule has 1 aromatic carbocycles. The number of aromatic nitrogens is 2. The second kappa shape index (κ2) is 6.21. The Morgan fingerprint density at radius 2 is 2.26 bits per heavy atom. The molecule has 2 N–H and O–H groups in total. The number of methoxy groups -OCH3 is 1. The van der Waals surface area contributed by atoms with E-state index >= 15 is 0 Å². The van der Waals surface area contributed by atoms with Gasteiger partial charge in [-0.3, -0.25) is 4.79 Å². The number of benzene rings is 1. The average molecular weight is 315 g/mol. The highest BCUT2D eigenvalue weighted by molar-refractivity contribution is 5.93. The van der Waals surface area contributed by atoms with Crippen LogP contribution in [0.25, 0.3) is 0 Å². The summed E-state index contributed by atoms with van der Waals surface area (Å²) in [4.78, 5) is 20.4. The largest absolute Gasteiger partial charge is 0.493 e. The van der Waals surface area contributed by atoms with E-state index in [-0.39, 0.29) is 18.3 Å². The normalized spacial score (nSPS) is 19.4. The number of carbonyl (C=O) groups excluding carboxylic acids is 1. The number of hydrogen-bond donors (Lipinski definition) is 2. The molecule has 1 amide bonds. The molecule has 7 heteroatoms. The highest BCUT2D eigenvalue weighted by Crippen LogP contribution is 2.36. The molecule has 3 rings (SSSR count). The zero-order valence-corrected chi connectivity index (χ0v) is 12.7. The second-order valence-electron chi connectivity index (χ2n) is 5.22. The summed E-state index contributed by atoms with van der Waals surface area (Å²) in [6.45, 7) is 0.173. The molecule has 0 saturated heterocycles. The van der Waals surface area contributed by atoms with Gasteiger partial charge in [-0.05, 0) is 12.1 Å². The fraction of sp³-hybridized carbons (Fsp3) is 0.312. The topological polar surface area (TPSA) is 93.6 Å². The van der Waals surface area contributed by atoms with Crippen LogP contribution in [-0.2, 0) is 5.54 Å². The van der Waals surface area contributed by atoms with Gasteiger partial charge in [0.2, 0.25) is 0 Å². The Morgan fingerprint density at radius 1 is 1.43 bits per heavy atom.